The van der Waals surface area contributed by atoms with E-state index in [0.29, 0.717) is 29.6 Å². The molecular weight excluding hydrogens is 373 g/mol. The first-order chi connectivity index (χ1) is 14.0. The molecule has 6 heteroatoms. The van der Waals surface area contributed by atoms with Crippen molar-refractivity contribution in [1.82, 2.24) is 5.32 Å². The van der Waals surface area contributed by atoms with E-state index in [1.165, 1.54) is 25.8 Å². The van der Waals surface area contributed by atoms with E-state index in [1.54, 1.807) is 12.1 Å². The summed E-state index contributed by atoms with van der Waals surface area (Å²) in [6.07, 6.45) is 3.02. The summed E-state index contributed by atoms with van der Waals surface area (Å²) in [4.78, 5) is 11.3. The Morgan fingerprint density at radius 1 is 1.21 bits per heavy atom. The van der Waals surface area contributed by atoms with E-state index >= 15 is 0 Å². The van der Waals surface area contributed by atoms with Crippen LogP contribution in [-0.2, 0) is 17.8 Å². The maximum Gasteiger partial charge on any atom is 0.217 e. The van der Waals surface area contributed by atoms with Crippen molar-refractivity contribution >= 4 is 5.91 Å². The molecule has 1 N–H and O–H groups in total. The molecule has 1 amide bonds. The van der Waals surface area contributed by atoms with Crippen molar-refractivity contribution in [3.63, 3.8) is 0 Å². The average molecular weight is 399 g/mol. The minimum absolute atomic E-state index is 0.0768. The van der Waals surface area contributed by atoms with Gasteiger partial charge in [-0.1, -0.05) is 6.07 Å². The molecule has 0 saturated heterocycles. The molecule has 0 unspecified atom stereocenters. The van der Waals surface area contributed by atoms with Crippen LogP contribution in [0.4, 0.5) is 4.39 Å². The molecule has 2 aromatic rings. The van der Waals surface area contributed by atoms with Crippen molar-refractivity contribution < 1.29 is 23.4 Å². The van der Waals surface area contributed by atoms with Crippen LogP contribution in [0.2, 0.25) is 0 Å². The number of halogens is 1. The summed E-state index contributed by atoms with van der Waals surface area (Å²) >= 11 is 0. The van der Waals surface area contributed by atoms with E-state index in [-0.39, 0.29) is 30.5 Å². The van der Waals surface area contributed by atoms with Crippen LogP contribution in [0.5, 0.6) is 17.2 Å². The van der Waals surface area contributed by atoms with Gasteiger partial charge in [-0.15, -0.1) is 0 Å². The summed E-state index contributed by atoms with van der Waals surface area (Å²) in [5.41, 5.74) is 1.55. The highest BCUT2D eigenvalue weighted by Gasteiger charge is 2.28. The Labute approximate surface area is 170 Å². The van der Waals surface area contributed by atoms with E-state index in [1.807, 2.05) is 25.1 Å². The van der Waals surface area contributed by atoms with Gasteiger partial charge in [0.1, 0.15) is 35.8 Å². The van der Waals surface area contributed by atoms with Crippen LogP contribution in [-0.4, -0.2) is 24.7 Å². The Kier molecular flexibility index (Phi) is 5.60. The number of fused-ring (bicyclic) bond motifs is 1. The Hall–Kier alpha value is -2.76. The number of nitrogens with one attached hydrogen (secondary N) is 1. The maximum atomic E-state index is 14.3. The predicted molar refractivity (Wildman–Crippen MR) is 107 cm³/mol. The molecule has 1 fully saturated rings. The lowest BCUT2D eigenvalue weighted by atomic mass is 10.1. The SMILES string of the molecule is CC(=O)N[C@@H](C)[C@@H]1Cc2ccc(OCc3ccc(OCC4CC4)cc3F)cc2O1. The normalized spacial score (nSPS) is 18.5. The van der Waals surface area contributed by atoms with Crippen molar-refractivity contribution in [2.75, 3.05) is 6.61 Å². The molecule has 1 heterocycles. The summed E-state index contributed by atoms with van der Waals surface area (Å²) in [6, 6.07) is 10.5. The summed E-state index contributed by atoms with van der Waals surface area (Å²) in [7, 11) is 0. The Morgan fingerprint density at radius 3 is 2.69 bits per heavy atom. The number of hydrogen-bond acceptors (Lipinski definition) is 4. The fourth-order valence-electron chi connectivity index (χ4n) is 3.41. The van der Waals surface area contributed by atoms with Crippen LogP contribution in [0.15, 0.2) is 36.4 Å². The van der Waals surface area contributed by atoms with Gasteiger partial charge in [-0.3, -0.25) is 4.79 Å². The summed E-state index contributed by atoms with van der Waals surface area (Å²) in [5, 5.41) is 2.86. The van der Waals surface area contributed by atoms with Crippen molar-refractivity contribution in [2.24, 2.45) is 5.92 Å². The molecule has 0 bridgehead atoms. The minimum Gasteiger partial charge on any atom is -0.493 e. The molecule has 1 aliphatic carbocycles. The highest BCUT2D eigenvalue weighted by molar-refractivity contribution is 5.73. The third kappa shape index (κ3) is 5.00. The van der Waals surface area contributed by atoms with Gasteiger partial charge in [0, 0.05) is 31.0 Å². The second-order valence-electron chi connectivity index (χ2n) is 7.92. The lowest BCUT2D eigenvalue weighted by Gasteiger charge is -2.19. The summed E-state index contributed by atoms with van der Waals surface area (Å²) in [6.45, 7) is 4.21. The number of amides is 1. The van der Waals surface area contributed by atoms with Gasteiger partial charge in [0.25, 0.3) is 0 Å². The molecule has 2 aliphatic rings. The molecule has 4 rings (SSSR count). The van der Waals surface area contributed by atoms with E-state index in [4.69, 9.17) is 14.2 Å². The molecule has 2 aromatic carbocycles. The van der Waals surface area contributed by atoms with Crippen LogP contribution >= 0.6 is 0 Å². The Bertz CT molecular complexity index is 896. The summed E-state index contributed by atoms with van der Waals surface area (Å²) < 4.78 is 31.7. The lowest BCUT2D eigenvalue weighted by molar-refractivity contribution is -0.120. The van der Waals surface area contributed by atoms with Crippen molar-refractivity contribution in [1.29, 1.82) is 0 Å². The van der Waals surface area contributed by atoms with Gasteiger partial charge >= 0.3 is 0 Å². The fourth-order valence-corrected chi connectivity index (χ4v) is 3.41. The topological polar surface area (TPSA) is 56.8 Å². The number of ether oxygens (including phenoxy) is 3. The molecule has 0 spiro atoms. The predicted octanol–water partition coefficient (Wildman–Crippen LogP) is 4.02. The largest absolute Gasteiger partial charge is 0.493 e. The van der Waals surface area contributed by atoms with E-state index < -0.39 is 0 Å². The second-order valence-corrected chi connectivity index (χ2v) is 7.92. The highest BCUT2D eigenvalue weighted by atomic mass is 19.1. The molecule has 2 atom stereocenters. The molecule has 0 radical (unpaired) electrons. The Balaban J connectivity index is 1.33. The summed E-state index contributed by atoms with van der Waals surface area (Å²) in [5.74, 6) is 2.14. The fraction of sp³-hybridized carbons (Fsp3) is 0.435. The van der Waals surface area contributed by atoms with E-state index in [0.717, 1.165) is 17.7 Å². The third-order valence-corrected chi connectivity index (χ3v) is 5.33. The number of carbonyl (C=O) groups excluding carboxylic acids is 1. The van der Waals surface area contributed by atoms with Crippen molar-refractivity contribution in [3.8, 4) is 17.2 Å². The van der Waals surface area contributed by atoms with Gasteiger partial charge in [0.15, 0.2) is 0 Å². The average Bonchev–Trinajstić information content (AvgIpc) is 3.41. The number of rotatable bonds is 8. The lowest BCUT2D eigenvalue weighted by Crippen LogP contribution is -2.42. The van der Waals surface area contributed by atoms with E-state index in [2.05, 4.69) is 5.32 Å². The van der Waals surface area contributed by atoms with Gasteiger partial charge in [-0.05, 0) is 49.4 Å². The molecule has 0 aromatic heterocycles. The zero-order valence-corrected chi connectivity index (χ0v) is 16.7. The first-order valence-electron chi connectivity index (χ1n) is 10.1. The van der Waals surface area contributed by atoms with Crippen LogP contribution in [0.25, 0.3) is 0 Å². The highest BCUT2D eigenvalue weighted by Crippen LogP contribution is 2.34. The molecule has 1 aliphatic heterocycles. The van der Waals surface area contributed by atoms with Gasteiger partial charge in [-0.2, -0.15) is 0 Å². The Morgan fingerprint density at radius 2 is 1.97 bits per heavy atom. The van der Waals surface area contributed by atoms with Gasteiger partial charge in [0.05, 0.1) is 12.6 Å². The monoisotopic (exact) mass is 399 g/mol. The quantitative estimate of drug-likeness (QED) is 0.728. The minimum atomic E-state index is -0.333. The number of carbonyl (C=O) groups is 1. The van der Waals surface area contributed by atoms with Gasteiger partial charge in [-0.25, -0.2) is 4.39 Å². The standard InChI is InChI=1S/C23H26FNO4/c1-14(25-15(2)26)22-9-17-5-7-20(11-23(17)29-22)28-13-18-6-8-19(10-21(18)24)27-12-16-3-4-16/h5-8,10-11,14,16,22H,3-4,9,12-13H2,1-2H3,(H,25,26)/t14-,22-/m0/s1. The van der Waals surface area contributed by atoms with Crippen LogP contribution in [0.1, 0.15) is 37.8 Å². The van der Waals surface area contributed by atoms with Crippen molar-refractivity contribution in [2.45, 2.75) is 51.9 Å². The first kappa shape index (κ1) is 19.6. The smallest absolute Gasteiger partial charge is 0.217 e. The van der Waals surface area contributed by atoms with Gasteiger partial charge in [0.2, 0.25) is 5.91 Å². The van der Waals surface area contributed by atoms with E-state index in [9.17, 15) is 9.18 Å². The van der Waals surface area contributed by atoms with Crippen LogP contribution < -0.4 is 19.5 Å². The van der Waals surface area contributed by atoms with Gasteiger partial charge < -0.3 is 19.5 Å². The second kappa shape index (κ2) is 8.31. The molecular formula is C23H26FNO4. The zero-order chi connectivity index (χ0) is 20.4. The maximum absolute atomic E-state index is 14.3. The number of benzene rings is 2. The van der Waals surface area contributed by atoms with Crippen LogP contribution in [0, 0.1) is 11.7 Å². The molecule has 1 saturated carbocycles. The zero-order valence-electron chi connectivity index (χ0n) is 16.7. The van der Waals surface area contributed by atoms with Crippen LogP contribution in [0.3, 0.4) is 0 Å². The first-order valence-corrected chi connectivity index (χ1v) is 10.1. The molecule has 29 heavy (non-hydrogen) atoms. The molecule has 154 valence electrons. The third-order valence-electron chi connectivity index (χ3n) is 5.33. The van der Waals surface area contributed by atoms with Crippen molar-refractivity contribution in [3.05, 3.63) is 53.3 Å². The number of hydrogen-bond donors (Lipinski definition) is 1. The molecule has 5 nitrogen and oxygen atoms in total.